The highest BCUT2D eigenvalue weighted by molar-refractivity contribution is 7.95. The Morgan fingerprint density at radius 3 is 1.20 bits per heavy atom. The fraction of sp³-hybridized carbons (Fsp3) is 0.400. The smallest absolute Gasteiger partial charge is 0.112 e. The molecule has 190 valence electrons. The summed E-state index contributed by atoms with van der Waals surface area (Å²) in [5.41, 5.74) is 0. The number of hydrogen-bond donors (Lipinski definition) is 0. The van der Waals surface area contributed by atoms with Crippen molar-refractivity contribution >= 4 is 58.0 Å². The molecule has 0 saturated heterocycles. The van der Waals surface area contributed by atoms with Crippen molar-refractivity contribution < 1.29 is 24.0 Å². The van der Waals surface area contributed by atoms with E-state index in [1.807, 2.05) is 18.2 Å². The Morgan fingerprint density at radius 1 is 0.514 bits per heavy atom. The Bertz CT molecular complexity index is 913. The van der Waals surface area contributed by atoms with Crippen LogP contribution in [0.4, 0.5) is 0 Å². The van der Waals surface area contributed by atoms with Gasteiger partial charge in [0, 0.05) is 15.1 Å². The zero-order chi connectivity index (χ0) is 24.2. The lowest BCUT2D eigenvalue weighted by atomic mass is 10.1. The topological polar surface area (TPSA) is 0 Å². The maximum Gasteiger partial charge on any atom is 0.112 e. The number of benzene rings is 3. The van der Waals surface area contributed by atoms with Crippen LogP contribution in [0.15, 0.2) is 72.8 Å². The van der Waals surface area contributed by atoms with Crippen molar-refractivity contribution in [1.29, 1.82) is 0 Å². The van der Waals surface area contributed by atoms with Crippen LogP contribution in [0.5, 0.6) is 0 Å². The molecule has 0 aliphatic heterocycles. The average Bonchev–Trinajstić information content (AvgIpc) is 2.83. The van der Waals surface area contributed by atoms with E-state index >= 15 is 0 Å². The van der Waals surface area contributed by atoms with Crippen molar-refractivity contribution in [2.24, 2.45) is 0 Å². The van der Waals surface area contributed by atoms with Gasteiger partial charge in [-0.1, -0.05) is 111 Å². The lowest BCUT2D eigenvalue weighted by Crippen LogP contribution is -3.00. The van der Waals surface area contributed by atoms with Crippen LogP contribution in [0.25, 0.3) is 0 Å². The van der Waals surface area contributed by atoms with Crippen LogP contribution in [0.1, 0.15) is 71.1 Å². The van der Waals surface area contributed by atoms with E-state index in [9.17, 15) is 0 Å². The van der Waals surface area contributed by atoms with E-state index in [0.717, 1.165) is 21.2 Å². The SMILES string of the molecule is CCCCCCCCCCCC[P+](c1cccc(Cl)c1)(c1cccc(Cl)c1)c1cccc(Cl)c1.[I-]. The van der Waals surface area contributed by atoms with Gasteiger partial charge in [0.05, 0.1) is 6.16 Å². The molecular formula is C30H37Cl3IP. The Labute approximate surface area is 245 Å². The molecule has 0 nitrogen and oxygen atoms in total. The minimum atomic E-state index is -1.96. The number of hydrogen-bond acceptors (Lipinski definition) is 0. The van der Waals surface area contributed by atoms with Gasteiger partial charge >= 0.3 is 0 Å². The van der Waals surface area contributed by atoms with Crippen molar-refractivity contribution in [2.75, 3.05) is 6.16 Å². The van der Waals surface area contributed by atoms with Crippen molar-refractivity contribution in [3.8, 4) is 0 Å². The highest BCUT2D eigenvalue weighted by atomic mass is 127. The minimum Gasteiger partial charge on any atom is -1.00 e. The van der Waals surface area contributed by atoms with Gasteiger partial charge in [-0.3, -0.25) is 0 Å². The molecule has 0 radical (unpaired) electrons. The molecule has 0 fully saturated rings. The van der Waals surface area contributed by atoms with Gasteiger partial charge in [-0.2, -0.15) is 0 Å². The summed E-state index contributed by atoms with van der Waals surface area (Å²) >= 11 is 19.6. The Hall–Kier alpha value is -0.310. The molecule has 3 aromatic carbocycles. The summed E-state index contributed by atoms with van der Waals surface area (Å²) in [6.07, 6.45) is 14.4. The van der Waals surface area contributed by atoms with Gasteiger partial charge in [-0.25, -0.2) is 0 Å². The number of unbranched alkanes of at least 4 members (excludes halogenated alkanes) is 9. The molecule has 0 amide bonds. The first-order chi connectivity index (χ1) is 16.6. The summed E-state index contributed by atoms with van der Waals surface area (Å²) in [6.45, 7) is 2.28. The summed E-state index contributed by atoms with van der Waals surface area (Å²) in [5.74, 6) is 0. The van der Waals surface area contributed by atoms with Crippen molar-refractivity contribution in [2.45, 2.75) is 71.1 Å². The van der Waals surface area contributed by atoms with Gasteiger partial charge in [0.15, 0.2) is 0 Å². The number of rotatable bonds is 14. The molecule has 5 heteroatoms. The van der Waals surface area contributed by atoms with Crippen LogP contribution >= 0.6 is 42.1 Å². The molecule has 3 aromatic rings. The zero-order valence-electron chi connectivity index (χ0n) is 20.7. The molecule has 0 atom stereocenters. The first-order valence-corrected chi connectivity index (χ1v) is 15.8. The fourth-order valence-electron chi connectivity index (χ4n) is 4.81. The van der Waals surface area contributed by atoms with Crippen LogP contribution in [-0.2, 0) is 0 Å². The molecule has 3 rings (SSSR count). The van der Waals surface area contributed by atoms with E-state index in [4.69, 9.17) is 34.8 Å². The Kier molecular flexibility index (Phi) is 14.6. The average molecular weight is 662 g/mol. The molecule has 0 spiro atoms. The van der Waals surface area contributed by atoms with Crippen molar-refractivity contribution in [3.05, 3.63) is 87.9 Å². The van der Waals surface area contributed by atoms with E-state index in [1.54, 1.807) is 0 Å². The van der Waals surface area contributed by atoms with Crippen LogP contribution in [0.2, 0.25) is 15.1 Å². The van der Waals surface area contributed by atoms with E-state index in [-0.39, 0.29) is 24.0 Å². The molecule has 0 aliphatic rings. The fourth-order valence-corrected chi connectivity index (χ4v) is 10.1. The van der Waals surface area contributed by atoms with Crippen LogP contribution in [0.3, 0.4) is 0 Å². The molecule has 0 bridgehead atoms. The molecule has 0 aliphatic carbocycles. The number of halogens is 4. The van der Waals surface area contributed by atoms with Crippen molar-refractivity contribution in [3.63, 3.8) is 0 Å². The molecule has 35 heavy (non-hydrogen) atoms. The maximum absolute atomic E-state index is 6.52. The summed E-state index contributed by atoms with van der Waals surface area (Å²) < 4.78 is 0. The first-order valence-electron chi connectivity index (χ1n) is 12.7. The van der Waals surface area contributed by atoms with Gasteiger partial charge in [-0.15, -0.1) is 0 Å². The van der Waals surface area contributed by atoms with Crippen LogP contribution < -0.4 is 39.9 Å². The minimum absolute atomic E-state index is 0. The Balaban J connectivity index is 0.00000432. The van der Waals surface area contributed by atoms with Gasteiger partial charge in [-0.05, 0) is 67.4 Å². The molecule has 0 N–H and O–H groups in total. The normalized spacial score (nSPS) is 11.3. The van der Waals surface area contributed by atoms with Crippen LogP contribution in [-0.4, -0.2) is 6.16 Å². The third-order valence-electron chi connectivity index (χ3n) is 6.59. The highest BCUT2D eigenvalue weighted by Gasteiger charge is 2.45. The summed E-state index contributed by atoms with van der Waals surface area (Å²) in [5, 5.41) is 6.19. The van der Waals surface area contributed by atoms with Crippen LogP contribution in [0, 0.1) is 0 Å². The zero-order valence-corrected chi connectivity index (χ0v) is 26.0. The van der Waals surface area contributed by atoms with Gasteiger partial charge in [0.1, 0.15) is 23.2 Å². The summed E-state index contributed by atoms with van der Waals surface area (Å²) in [6, 6.07) is 25.2. The first kappa shape index (κ1) is 30.9. The largest absolute Gasteiger partial charge is 1.00 e. The predicted octanol–water partition coefficient (Wildman–Crippen LogP) is 6.87. The lowest BCUT2D eigenvalue weighted by molar-refractivity contribution is -0.00000664. The van der Waals surface area contributed by atoms with Crippen molar-refractivity contribution in [1.82, 2.24) is 0 Å². The standard InChI is InChI=1S/C30H37Cl3P.HI/c1-2-3-4-5-6-7-8-9-10-11-21-34(28-18-12-15-25(31)22-28,29-19-13-16-26(32)23-29)30-20-14-17-27(33)24-30;/h12-20,22-24H,2-11,21H2,1H3;1H/q+1;/p-1. The highest BCUT2D eigenvalue weighted by Crippen LogP contribution is 2.56. The molecule has 0 heterocycles. The van der Waals surface area contributed by atoms with Gasteiger partial charge in [0.25, 0.3) is 0 Å². The summed E-state index contributed by atoms with van der Waals surface area (Å²) in [7, 11) is -1.96. The summed E-state index contributed by atoms with van der Waals surface area (Å²) in [4.78, 5) is 0. The molecule has 0 saturated carbocycles. The monoisotopic (exact) mass is 660 g/mol. The maximum atomic E-state index is 6.52. The third-order valence-corrected chi connectivity index (χ3v) is 11.8. The van der Waals surface area contributed by atoms with E-state index in [2.05, 4.69) is 61.5 Å². The van der Waals surface area contributed by atoms with Gasteiger partial charge in [0.2, 0.25) is 0 Å². The lowest BCUT2D eigenvalue weighted by Gasteiger charge is -2.28. The second kappa shape index (κ2) is 16.5. The molecule has 0 unspecified atom stereocenters. The third kappa shape index (κ3) is 9.19. The molecular weight excluding hydrogens is 625 g/mol. The van der Waals surface area contributed by atoms with E-state index < -0.39 is 7.26 Å². The van der Waals surface area contributed by atoms with E-state index in [1.165, 1.54) is 80.1 Å². The van der Waals surface area contributed by atoms with E-state index in [0.29, 0.717) is 0 Å². The quantitative estimate of drug-likeness (QED) is 0.101. The predicted molar refractivity (Wildman–Crippen MR) is 157 cm³/mol. The second-order valence-corrected chi connectivity index (χ2v) is 14.1. The second-order valence-electron chi connectivity index (χ2n) is 9.15. The van der Waals surface area contributed by atoms with Gasteiger partial charge < -0.3 is 24.0 Å². The molecule has 0 aromatic heterocycles. The Morgan fingerprint density at radius 2 is 0.857 bits per heavy atom.